The van der Waals surface area contributed by atoms with Gasteiger partial charge in [-0.15, -0.1) is 0 Å². The van der Waals surface area contributed by atoms with Gasteiger partial charge in [0.15, 0.2) is 0 Å². The van der Waals surface area contributed by atoms with Crippen LogP contribution in [-0.4, -0.2) is 26.1 Å². The number of esters is 1. The highest BCUT2D eigenvalue weighted by molar-refractivity contribution is 8.26. The Morgan fingerprint density at radius 2 is 1.78 bits per heavy atom. The molecule has 8 heteroatoms. The van der Waals surface area contributed by atoms with E-state index >= 15 is 0 Å². The Kier molecular flexibility index (Phi) is 7.06. The van der Waals surface area contributed by atoms with Crippen molar-refractivity contribution in [1.29, 1.82) is 0 Å². The van der Waals surface area contributed by atoms with Crippen molar-refractivity contribution in [2.75, 3.05) is 0 Å². The monoisotopic (exact) mass is 512 g/mol. The van der Waals surface area contributed by atoms with Crippen molar-refractivity contribution >= 4 is 46.3 Å². The molecule has 0 radical (unpaired) electrons. The number of ether oxygens (including phenoxy) is 1. The summed E-state index contributed by atoms with van der Waals surface area (Å²) in [7, 11) is 0. The van der Waals surface area contributed by atoms with Gasteiger partial charge in [-0.3, -0.25) is 14.7 Å². The SMILES string of the molecule is O=C(OCc1cccnc1)c1ccc(-c2ccc(/C=C3\SC(=S)N(Cc4ccccc4)C3=O)o2)cc1. The highest BCUT2D eigenvalue weighted by atomic mass is 32.2. The summed E-state index contributed by atoms with van der Waals surface area (Å²) in [5.74, 6) is 0.616. The van der Waals surface area contributed by atoms with Crippen molar-refractivity contribution in [3.63, 3.8) is 0 Å². The Labute approximate surface area is 217 Å². The fraction of sp³-hybridized carbons (Fsp3) is 0.0714. The number of thioether (sulfide) groups is 1. The van der Waals surface area contributed by atoms with E-state index in [2.05, 4.69) is 4.98 Å². The lowest BCUT2D eigenvalue weighted by molar-refractivity contribution is -0.122. The average Bonchev–Trinajstić information content (AvgIpc) is 3.49. The van der Waals surface area contributed by atoms with Crippen LogP contribution in [0, 0.1) is 0 Å². The molecule has 0 atom stereocenters. The van der Waals surface area contributed by atoms with Gasteiger partial charge in [0.2, 0.25) is 0 Å². The van der Waals surface area contributed by atoms with E-state index in [0.29, 0.717) is 32.9 Å². The normalized spacial score (nSPS) is 14.4. The molecular weight excluding hydrogens is 492 g/mol. The summed E-state index contributed by atoms with van der Waals surface area (Å²) in [6, 6.07) is 24.0. The number of amides is 1. The van der Waals surface area contributed by atoms with E-state index in [-0.39, 0.29) is 12.5 Å². The minimum absolute atomic E-state index is 0.138. The second-order valence-corrected chi connectivity index (χ2v) is 9.65. The Morgan fingerprint density at radius 1 is 1.00 bits per heavy atom. The average molecular weight is 513 g/mol. The summed E-state index contributed by atoms with van der Waals surface area (Å²) in [4.78, 5) is 31.4. The lowest BCUT2D eigenvalue weighted by Crippen LogP contribution is -2.27. The number of carbonyl (C=O) groups excluding carboxylic acids is 2. The molecular formula is C28H20N2O4S2. The minimum Gasteiger partial charge on any atom is -0.457 e. The highest BCUT2D eigenvalue weighted by Crippen LogP contribution is 2.34. The second kappa shape index (κ2) is 10.7. The van der Waals surface area contributed by atoms with E-state index in [9.17, 15) is 9.59 Å². The number of rotatable bonds is 7. The fourth-order valence-electron chi connectivity index (χ4n) is 3.60. The third-order valence-electron chi connectivity index (χ3n) is 5.46. The molecule has 1 saturated heterocycles. The van der Waals surface area contributed by atoms with Crippen LogP contribution < -0.4 is 0 Å². The Bertz CT molecular complexity index is 1430. The number of benzene rings is 2. The second-order valence-electron chi connectivity index (χ2n) is 7.97. The lowest BCUT2D eigenvalue weighted by atomic mass is 10.1. The Morgan fingerprint density at radius 3 is 2.53 bits per heavy atom. The predicted molar refractivity (Wildman–Crippen MR) is 143 cm³/mol. The Balaban J connectivity index is 1.24. The third-order valence-corrected chi connectivity index (χ3v) is 6.83. The number of hydrogen-bond donors (Lipinski definition) is 0. The molecule has 1 amide bonds. The van der Waals surface area contributed by atoms with Crippen LogP contribution in [-0.2, 0) is 22.7 Å². The van der Waals surface area contributed by atoms with Gasteiger partial charge < -0.3 is 9.15 Å². The minimum atomic E-state index is -0.414. The van der Waals surface area contributed by atoms with Gasteiger partial charge in [-0.05, 0) is 35.9 Å². The molecule has 2 aromatic carbocycles. The number of carbonyl (C=O) groups is 2. The number of pyridine rings is 1. The number of hydrogen-bond acceptors (Lipinski definition) is 7. The van der Waals surface area contributed by atoms with Crippen molar-refractivity contribution in [3.05, 3.63) is 119 Å². The topological polar surface area (TPSA) is 72.6 Å². The molecule has 0 saturated carbocycles. The molecule has 36 heavy (non-hydrogen) atoms. The number of thiocarbonyl (C=S) groups is 1. The quantitative estimate of drug-likeness (QED) is 0.168. The van der Waals surface area contributed by atoms with E-state index in [4.69, 9.17) is 21.4 Å². The van der Waals surface area contributed by atoms with Crippen LogP contribution in [0.2, 0.25) is 0 Å². The molecule has 1 aliphatic heterocycles. The van der Waals surface area contributed by atoms with Gasteiger partial charge in [-0.25, -0.2) is 4.79 Å². The van der Waals surface area contributed by atoms with Crippen LogP contribution in [0.1, 0.15) is 27.2 Å². The summed E-state index contributed by atoms with van der Waals surface area (Å²) in [6.45, 7) is 0.594. The smallest absolute Gasteiger partial charge is 0.338 e. The van der Waals surface area contributed by atoms with Crippen LogP contribution in [0.5, 0.6) is 0 Å². The molecule has 1 aliphatic rings. The van der Waals surface area contributed by atoms with E-state index in [1.165, 1.54) is 11.8 Å². The first-order valence-electron chi connectivity index (χ1n) is 11.1. The molecule has 0 N–H and O–H groups in total. The van der Waals surface area contributed by atoms with Gasteiger partial charge >= 0.3 is 5.97 Å². The van der Waals surface area contributed by atoms with Gasteiger partial charge in [0.1, 0.15) is 22.4 Å². The zero-order valence-electron chi connectivity index (χ0n) is 19.0. The van der Waals surface area contributed by atoms with Crippen molar-refractivity contribution in [1.82, 2.24) is 9.88 Å². The van der Waals surface area contributed by atoms with E-state index < -0.39 is 5.97 Å². The zero-order chi connectivity index (χ0) is 24.9. The Hall–Kier alpha value is -4.01. The molecule has 2 aromatic heterocycles. The van der Waals surface area contributed by atoms with E-state index in [1.807, 2.05) is 42.5 Å². The van der Waals surface area contributed by atoms with Crippen LogP contribution in [0.25, 0.3) is 17.4 Å². The summed E-state index contributed by atoms with van der Waals surface area (Å²) < 4.78 is 11.8. The molecule has 5 rings (SSSR count). The predicted octanol–water partition coefficient (Wildman–Crippen LogP) is 6.10. The first-order chi connectivity index (χ1) is 17.6. The fourth-order valence-corrected chi connectivity index (χ4v) is 4.84. The van der Waals surface area contributed by atoms with Gasteiger partial charge in [-0.1, -0.05) is 72.5 Å². The van der Waals surface area contributed by atoms with Crippen molar-refractivity contribution in [2.45, 2.75) is 13.2 Å². The van der Waals surface area contributed by atoms with Crippen molar-refractivity contribution in [2.24, 2.45) is 0 Å². The lowest BCUT2D eigenvalue weighted by Gasteiger charge is -2.14. The maximum atomic E-state index is 12.9. The summed E-state index contributed by atoms with van der Waals surface area (Å²) >= 11 is 6.69. The van der Waals surface area contributed by atoms with Gasteiger partial charge in [0, 0.05) is 29.6 Å². The van der Waals surface area contributed by atoms with Gasteiger partial charge in [-0.2, -0.15) is 0 Å². The maximum absolute atomic E-state index is 12.9. The molecule has 0 bridgehead atoms. The first-order valence-corrected chi connectivity index (χ1v) is 12.3. The van der Waals surface area contributed by atoms with Gasteiger partial charge in [0.05, 0.1) is 17.0 Å². The van der Waals surface area contributed by atoms with Gasteiger partial charge in [0.25, 0.3) is 5.91 Å². The van der Waals surface area contributed by atoms with Crippen LogP contribution in [0.3, 0.4) is 0 Å². The highest BCUT2D eigenvalue weighted by Gasteiger charge is 2.32. The molecule has 1 fully saturated rings. The molecule has 4 aromatic rings. The number of aromatic nitrogens is 1. The molecule has 178 valence electrons. The summed E-state index contributed by atoms with van der Waals surface area (Å²) in [5.41, 5.74) is 3.08. The number of furan rings is 1. The van der Waals surface area contributed by atoms with Crippen molar-refractivity contribution in [3.8, 4) is 11.3 Å². The molecule has 3 heterocycles. The third kappa shape index (κ3) is 5.45. The standard InChI is InChI=1S/C28H20N2O4S2/c31-26-25(36-28(35)30(26)17-19-5-2-1-3-6-19)15-23-12-13-24(34-23)21-8-10-22(11-9-21)27(32)33-18-20-7-4-14-29-16-20/h1-16H,17-18H2/b25-15-. The van der Waals surface area contributed by atoms with E-state index in [1.54, 1.807) is 59.8 Å². The number of nitrogens with zero attached hydrogens (tertiary/aromatic N) is 2. The summed E-state index contributed by atoms with van der Waals surface area (Å²) in [5, 5.41) is 0. The van der Waals surface area contributed by atoms with E-state index in [0.717, 1.165) is 16.7 Å². The molecule has 0 spiro atoms. The zero-order valence-corrected chi connectivity index (χ0v) is 20.6. The summed E-state index contributed by atoms with van der Waals surface area (Å²) in [6.07, 6.45) is 5.03. The first kappa shape index (κ1) is 23.7. The van der Waals surface area contributed by atoms with Crippen LogP contribution >= 0.6 is 24.0 Å². The van der Waals surface area contributed by atoms with Crippen LogP contribution in [0.15, 0.2) is 101 Å². The molecule has 0 unspecified atom stereocenters. The largest absolute Gasteiger partial charge is 0.457 e. The molecule has 6 nitrogen and oxygen atoms in total. The maximum Gasteiger partial charge on any atom is 0.338 e. The molecule has 0 aliphatic carbocycles. The van der Waals surface area contributed by atoms with Crippen molar-refractivity contribution < 1.29 is 18.7 Å². The van der Waals surface area contributed by atoms with Crippen LogP contribution in [0.4, 0.5) is 0 Å².